The molecule has 0 spiro atoms. The topological polar surface area (TPSA) is 313 Å². The average molecular weight is 1080 g/mol. The number of hydrogen-bond acceptors (Lipinski definition) is 13. The maximum Gasteiger partial charge on any atom is 0.335 e. The molecule has 6 aromatic carbocycles. The number of aryl methyl sites for hydroxylation is 4. The number of carbonyl (C=O) groups is 2. The number of carboxylic acids is 2. The summed E-state index contributed by atoms with van der Waals surface area (Å²) in [5.74, 6) is -3.28. The average Bonchev–Trinajstić information content (AvgIpc) is 3.32. The molecule has 7 N–H and O–H groups in total. The minimum Gasteiger partial charge on any atom is -0.478 e. The molecule has 0 atom stereocenters. The van der Waals surface area contributed by atoms with Crippen molar-refractivity contribution in [1.82, 2.24) is 0 Å². The quantitative estimate of drug-likeness (QED) is 0.0394. The third-order valence-electron chi connectivity index (χ3n) is 12.2. The Morgan fingerprint density at radius 2 is 1.07 bits per heavy atom. The summed E-state index contributed by atoms with van der Waals surface area (Å²) in [6.45, 7) is 9.92. The smallest absolute Gasteiger partial charge is 0.335 e. The molecule has 1 aliphatic carbocycles. The Balaban J connectivity index is 1.34. The second kappa shape index (κ2) is 19.2. The van der Waals surface area contributed by atoms with Crippen molar-refractivity contribution in [2.24, 2.45) is 4.99 Å². The Kier molecular flexibility index (Phi) is 13.6. The van der Waals surface area contributed by atoms with Crippen LogP contribution in [0.3, 0.4) is 0 Å². The first-order chi connectivity index (χ1) is 34.5. The van der Waals surface area contributed by atoms with Gasteiger partial charge in [-0.1, -0.05) is 48.5 Å². The summed E-state index contributed by atoms with van der Waals surface area (Å²) in [5.41, 5.74) is 2.71. The number of nitrogens with one attached hydrogen (secondary N) is 3. The predicted molar refractivity (Wildman–Crippen MR) is 276 cm³/mol. The molecule has 0 fully saturated rings. The van der Waals surface area contributed by atoms with E-state index >= 15 is 0 Å². The second-order valence-corrected chi connectivity index (χ2v) is 23.5. The van der Waals surface area contributed by atoms with Crippen LogP contribution in [0, 0.1) is 41.5 Å². The van der Waals surface area contributed by atoms with E-state index in [0.717, 1.165) is 35.9 Å². The van der Waals surface area contributed by atoms with E-state index in [4.69, 9.17) is 4.42 Å². The van der Waals surface area contributed by atoms with Gasteiger partial charge in [0.2, 0.25) is 0 Å². The van der Waals surface area contributed by atoms with E-state index in [1.54, 1.807) is 70.2 Å². The number of anilines is 4. The van der Waals surface area contributed by atoms with Crippen LogP contribution in [-0.4, -0.2) is 64.9 Å². The fourth-order valence-electron chi connectivity index (χ4n) is 8.76. The van der Waals surface area contributed by atoms with Gasteiger partial charge in [-0.3, -0.25) is 18.5 Å². The van der Waals surface area contributed by atoms with Crippen molar-refractivity contribution >= 4 is 91.6 Å². The van der Waals surface area contributed by atoms with Gasteiger partial charge in [0, 0.05) is 45.6 Å². The van der Waals surface area contributed by atoms with E-state index in [1.165, 1.54) is 49.4 Å². The summed E-state index contributed by atoms with van der Waals surface area (Å²) in [7, 11) is -18.9. The van der Waals surface area contributed by atoms with Gasteiger partial charge in [0.25, 0.3) is 40.3 Å². The molecule has 0 aromatic heterocycles. The maximum absolute atomic E-state index is 13.8. The molecule has 19 nitrogen and oxygen atoms in total. The number of fused-ring (bicyclic) bond motifs is 2. The lowest BCUT2D eigenvalue weighted by molar-refractivity contribution is 0.0696. The second-order valence-electron chi connectivity index (χ2n) is 17.3. The van der Waals surface area contributed by atoms with Gasteiger partial charge in [0.05, 0.1) is 43.3 Å². The lowest BCUT2D eigenvalue weighted by atomic mass is 9.93. The zero-order chi connectivity index (χ0) is 54.0. The first kappa shape index (κ1) is 52.4. The summed E-state index contributed by atoms with van der Waals surface area (Å²) in [4.78, 5) is 26.3. The highest BCUT2D eigenvalue weighted by Crippen LogP contribution is 2.45. The largest absolute Gasteiger partial charge is 0.478 e. The molecule has 23 heteroatoms. The fraction of sp³-hybridized carbons (Fsp3) is 0.118. The first-order valence-electron chi connectivity index (χ1n) is 21.9. The van der Waals surface area contributed by atoms with Gasteiger partial charge in [0.1, 0.15) is 21.1 Å². The standard InChI is InChI=1S/C51H44N4O15S4/c1-26-18-28(3)48(54-71(60,61)35-12-8-7-9-13-35)30(5)46(26)52-34-16-17-37-41(23-34)70-42-25-40(44(74(67,68)69)24-39(42)45(37)38-14-10-11-15-43(38)73(64,65)66)53-47-27(2)19-29(4)49(31(47)6)55-72(62,63)36-21-32(50(56)57)20-33(22-36)51(58)59/h7-25,52,54-55H,1-6H3,(H,56,57)(H,58,59)(H,64,65,66)(H,67,68,69). The molecule has 0 amide bonds. The Morgan fingerprint density at radius 3 is 1.66 bits per heavy atom. The minimum absolute atomic E-state index is 0.00143. The minimum atomic E-state index is -5.21. The molecule has 1 heterocycles. The summed E-state index contributed by atoms with van der Waals surface area (Å²) >= 11 is 0. The predicted octanol–water partition coefficient (Wildman–Crippen LogP) is 9.52. The highest BCUT2D eigenvalue weighted by Gasteiger charge is 2.29. The van der Waals surface area contributed by atoms with Gasteiger partial charge in [-0.15, -0.1) is 0 Å². The molecule has 0 saturated heterocycles. The van der Waals surface area contributed by atoms with Gasteiger partial charge < -0.3 is 19.9 Å². The van der Waals surface area contributed by atoms with Gasteiger partial charge >= 0.3 is 11.9 Å². The number of aromatic carboxylic acids is 2. The lowest BCUT2D eigenvalue weighted by Gasteiger charge is -2.21. The van der Waals surface area contributed by atoms with E-state index in [2.05, 4.69) is 19.8 Å². The number of hydrogen-bond donors (Lipinski definition) is 7. The molecule has 0 bridgehead atoms. The van der Waals surface area contributed by atoms with Gasteiger partial charge in [-0.05, 0) is 130 Å². The van der Waals surface area contributed by atoms with Gasteiger partial charge in [-0.2, -0.15) is 16.8 Å². The zero-order valence-corrected chi connectivity index (χ0v) is 43.1. The van der Waals surface area contributed by atoms with Crippen LogP contribution in [0.25, 0.3) is 33.4 Å². The van der Waals surface area contributed by atoms with Crippen LogP contribution >= 0.6 is 0 Å². The van der Waals surface area contributed by atoms with Crippen LogP contribution in [0.15, 0.2) is 144 Å². The molecule has 0 saturated carbocycles. The van der Waals surface area contributed by atoms with Crippen molar-refractivity contribution in [3.05, 3.63) is 165 Å². The van der Waals surface area contributed by atoms with Crippen molar-refractivity contribution in [3.8, 4) is 22.5 Å². The summed E-state index contributed by atoms with van der Waals surface area (Å²) in [6.07, 6.45) is 0. The van der Waals surface area contributed by atoms with Crippen molar-refractivity contribution in [2.45, 2.75) is 61.1 Å². The van der Waals surface area contributed by atoms with E-state index < -0.39 is 83.4 Å². The summed E-state index contributed by atoms with van der Waals surface area (Å²) in [6, 6.07) is 25.8. The summed E-state index contributed by atoms with van der Waals surface area (Å²) in [5, 5.41) is 22.3. The molecular weight excluding hydrogens is 1040 g/mol. The van der Waals surface area contributed by atoms with Crippen molar-refractivity contribution in [3.63, 3.8) is 0 Å². The number of benzene rings is 7. The number of nitrogens with zero attached hydrogens (tertiary/aromatic N) is 1. The van der Waals surface area contributed by atoms with Crippen molar-refractivity contribution in [1.29, 1.82) is 0 Å². The van der Waals surface area contributed by atoms with Crippen molar-refractivity contribution < 1.29 is 67.0 Å². The highest BCUT2D eigenvalue weighted by molar-refractivity contribution is 7.93. The zero-order valence-electron chi connectivity index (χ0n) is 39.8. The molecule has 74 heavy (non-hydrogen) atoms. The molecule has 2 aliphatic rings. The summed E-state index contributed by atoms with van der Waals surface area (Å²) < 4.78 is 140. The molecule has 382 valence electrons. The maximum atomic E-state index is 13.8. The Bertz CT molecular complexity index is 4180. The third kappa shape index (κ3) is 10.2. The molecule has 8 rings (SSSR count). The molecular formula is C51H44N4O15S4. The van der Waals surface area contributed by atoms with Gasteiger partial charge in [0.15, 0.2) is 0 Å². The Hall–Kier alpha value is -7.93. The Labute approximate surface area is 424 Å². The van der Waals surface area contributed by atoms with Crippen LogP contribution < -0.4 is 20.1 Å². The van der Waals surface area contributed by atoms with E-state index in [1.807, 2.05) is 6.92 Å². The van der Waals surface area contributed by atoms with Crippen LogP contribution in [0.5, 0.6) is 0 Å². The normalized spacial score (nSPS) is 12.5. The number of sulfonamides is 2. The molecule has 6 aromatic rings. The van der Waals surface area contributed by atoms with E-state index in [9.17, 15) is 62.6 Å². The number of carboxylic acid groups (broad SMARTS) is 2. The van der Waals surface area contributed by atoms with Crippen LogP contribution in [0.2, 0.25) is 0 Å². The monoisotopic (exact) mass is 1080 g/mol. The van der Waals surface area contributed by atoms with E-state index in [0.29, 0.717) is 39.3 Å². The van der Waals surface area contributed by atoms with Crippen LogP contribution in [0.1, 0.15) is 54.1 Å². The molecule has 1 aliphatic heterocycles. The lowest BCUT2D eigenvalue weighted by Crippen LogP contribution is -2.18. The SMILES string of the molecule is Cc1cc(C)c(NS(=O)(=O)c2cc(C(=O)O)cc(C(=O)O)c2)c(C)c1N=c1cc2oc3cc(Nc4c(C)cc(C)c(NS(=O)(=O)c5ccccc5)c4C)ccc3c(-c3ccccc3S(=O)(=O)O)c-2cc1S(=O)(=O)O. The third-order valence-corrected chi connectivity index (χ3v) is 16.6. The fourth-order valence-corrected chi connectivity index (χ4v) is 12.6. The highest BCUT2D eigenvalue weighted by atomic mass is 32.2. The van der Waals surface area contributed by atoms with Crippen LogP contribution in [0.4, 0.5) is 28.4 Å². The number of rotatable bonds is 14. The first-order valence-corrected chi connectivity index (χ1v) is 27.7. The molecule has 0 unspecified atom stereocenters. The van der Waals surface area contributed by atoms with Crippen molar-refractivity contribution in [2.75, 3.05) is 14.8 Å². The van der Waals surface area contributed by atoms with E-state index in [-0.39, 0.29) is 55.3 Å². The Morgan fingerprint density at radius 1 is 0.527 bits per heavy atom. The van der Waals surface area contributed by atoms with Gasteiger partial charge in [-0.25, -0.2) is 31.4 Å². The molecule has 0 radical (unpaired) electrons. The van der Waals surface area contributed by atoms with Crippen LogP contribution in [-0.2, 0) is 40.3 Å².